The molecule has 242 valence electrons. The van der Waals surface area contributed by atoms with Crippen molar-refractivity contribution >= 4 is 50.7 Å². The van der Waals surface area contributed by atoms with Gasteiger partial charge in [0, 0.05) is 17.6 Å². The number of alkyl halides is 3. The molecule has 1 aliphatic rings. The number of carbonyl (C=O) groups excluding carboxylic acids is 2. The molecule has 0 heterocycles. The Labute approximate surface area is 271 Å². The van der Waals surface area contributed by atoms with Crippen molar-refractivity contribution in [2.24, 2.45) is 0 Å². The number of anilines is 1. The molecule has 0 bridgehead atoms. The number of nitrogens with one attached hydrogen (secondary N) is 1. The van der Waals surface area contributed by atoms with Crippen molar-refractivity contribution in [3.63, 3.8) is 0 Å². The summed E-state index contributed by atoms with van der Waals surface area (Å²) < 4.78 is 69.9. The first kappa shape index (κ1) is 34.6. The third-order valence-electron chi connectivity index (χ3n) is 7.76. The van der Waals surface area contributed by atoms with Crippen molar-refractivity contribution in [1.82, 2.24) is 10.2 Å². The quantitative estimate of drug-likeness (QED) is 0.227. The van der Waals surface area contributed by atoms with Gasteiger partial charge in [-0.1, -0.05) is 79.7 Å². The molecule has 3 aromatic carbocycles. The second kappa shape index (κ2) is 14.9. The maximum atomic E-state index is 14.2. The van der Waals surface area contributed by atoms with Crippen LogP contribution in [0.15, 0.2) is 77.7 Å². The van der Waals surface area contributed by atoms with Gasteiger partial charge in [-0.05, 0) is 67.3 Å². The van der Waals surface area contributed by atoms with E-state index in [0.717, 1.165) is 44.2 Å². The smallest absolute Gasteiger partial charge is 0.352 e. The topological polar surface area (TPSA) is 86.8 Å². The van der Waals surface area contributed by atoms with Crippen molar-refractivity contribution < 1.29 is 31.2 Å². The Morgan fingerprint density at radius 1 is 0.956 bits per heavy atom. The highest BCUT2D eigenvalue weighted by molar-refractivity contribution is 7.92. The SMILES string of the molecule is CC[C@H](C(=O)NC1CCCCC1)N(Cc1ccc(Cl)cc1)C(=O)CN(c1ccc(Cl)c(C(F)(F)F)c1)S(=O)(=O)c1ccccc1. The zero-order chi connectivity index (χ0) is 32.8. The van der Waals surface area contributed by atoms with E-state index in [0.29, 0.717) is 21.0 Å². The molecule has 0 aromatic heterocycles. The highest BCUT2D eigenvalue weighted by Crippen LogP contribution is 2.38. The van der Waals surface area contributed by atoms with Crippen LogP contribution in [0.5, 0.6) is 0 Å². The van der Waals surface area contributed by atoms with Crippen LogP contribution in [0, 0.1) is 0 Å². The average Bonchev–Trinajstić information content (AvgIpc) is 3.01. The number of hydrogen-bond acceptors (Lipinski definition) is 4. The standard InChI is InChI=1S/C32H34Cl2F3N3O4S/c1-2-29(31(42)38-24-9-5-3-6-10-24)39(20-22-13-15-23(33)16-14-22)30(41)21-40(45(43,44)26-11-7-4-8-12-26)25-17-18-28(34)27(19-25)32(35,36)37/h4,7-8,11-19,24,29H,2-3,5-6,9-10,20-21H2,1H3,(H,38,42)/t29-/m1/s1. The summed E-state index contributed by atoms with van der Waals surface area (Å²) in [6.45, 7) is 0.789. The number of rotatable bonds is 11. The molecule has 1 fully saturated rings. The number of benzene rings is 3. The minimum atomic E-state index is -4.88. The Morgan fingerprint density at radius 3 is 2.20 bits per heavy atom. The highest BCUT2D eigenvalue weighted by Gasteiger charge is 2.37. The summed E-state index contributed by atoms with van der Waals surface area (Å²) in [6.07, 6.45) is -0.0158. The summed E-state index contributed by atoms with van der Waals surface area (Å²) >= 11 is 11.9. The predicted molar refractivity (Wildman–Crippen MR) is 169 cm³/mol. The van der Waals surface area contributed by atoms with Gasteiger partial charge in [-0.3, -0.25) is 13.9 Å². The molecule has 2 amide bonds. The van der Waals surface area contributed by atoms with Gasteiger partial charge in [-0.25, -0.2) is 8.42 Å². The summed E-state index contributed by atoms with van der Waals surface area (Å²) in [5.41, 5.74) is -1.03. The van der Waals surface area contributed by atoms with Gasteiger partial charge in [0.15, 0.2) is 0 Å². The van der Waals surface area contributed by atoms with Crippen LogP contribution in [-0.4, -0.2) is 43.8 Å². The fourth-order valence-corrected chi connectivity index (χ4v) is 7.16. The monoisotopic (exact) mass is 683 g/mol. The lowest BCUT2D eigenvalue weighted by molar-refractivity contribution is -0.140. The van der Waals surface area contributed by atoms with Crippen molar-refractivity contribution in [3.8, 4) is 0 Å². The lowest BCUT2D eigenvalue weighted by Crippen LogP contribution is -2.54. The van der Waals surface area contributed by atoms with Crippen LogP contribution in [0.25, 0.3) is 0 Å². The van der Waals surface area contributed by atoms with Crippen molar-refractivity contribution in [1.29, 1.82) is 0 Å². The number of amides is 2. The maximum Gasteiger partial charge on any atom is 0.417 e. The molecule has 3 aromatic rings. The van der Waals surface area contributed by atoms with E-state index in [-0.39, 0.29) is 29.8 Å². The van der Waals surface area contributed by atoms with Crippen molar-refractivity contribution in [2.75, 3.05) is 10.8 Å². The molecule has 0 unspecified atom stereocenters. The van der Waals surface area contributed by atoms with E-state index in [2.05, 4.69) is 5.32 Å². The van der Waals surface area contributed by atoms with E-state index in [4.69, 9.17) is 23.2 Å². The van der Waals surface area contributed by atoms with E-state index in [1.54, 1.807) is 37.3 Å². The minimum absolute atomic E-state index is 0.0439. The molecular weight excluding hydrogens is 650 g/mol. The minimum Gasteiger partial charge on any atom is -0.352 e. The molecule has 0 saturated heterocycles. The van der Waals surface area contributed by atoms with Crippen LogP contribution < -0.4 is 9.62 Å². The summed E-state index contributed by atoms with van der Waals surface area (Å²) in [6, 6.07) is 15.3. The molecule has 7 nitrogen and oxygen atoms in total. The van der Waals surface area contributed by atoms with Gasteiger partial charge in [0.1, 0.15) is 12.6 Å². The summed E-state index contributed by atoms with van der Waals surface area (Å²) in [5, 5.41) is 2.89. The zero-order valence-corrected chi connectivity index (χ0v) is 26.9. The Hall–Kier alpha value is -3.28. The fraction of sp³-hybridized carbons (Fsp3) is 0.375. The number of nitrogens with zero attached hydrogens (tertiary/aromatic N) is 2. The van der Waals surface area contributed by atoms with Gasteiger partial charge in [0.25, 0.3) is 10.0 Å². The molecule has 4 rings (SSSR count). The second-order valence-corrected chi connectivity index (χ2v) is 13.6. The van der Waals surface area contributed by atoms with Crippen molar-refractivity contribution in [2.45, 2.75) is 75.1 Å². The largest absolute Gasteiger partial charge is 0.417 e. The van der Waals surface area contributed by atoms with Crippen LogP contribution in [0.1, 0.15) is 56.6 Å². The van der Waals surface area contributed by atoms with Crippen molar-refractivity contribution in [3.05, 3.63) is 94.0 Å². The van der Waals surface area contributed by atoms with Crippen LogP contribution >= 0.6 is 23.2 Å². The van der Waals surface area contributed by atoms with Crippen LogP contribution in [0.4, 0.5) is 18.9 Å². The van der Waals surface area contributed by atoms with Gasteiger partial charge in [0.05, 0.1) is 21.2 Å². The molecule has 1 saturated carbocycles. The highest BCUT2D eigenvalue weighted by atomic mass is 35.5. The van der Waals surface area contributed by atoms with Crippen LogP contribution in [0.2, 0.25) is 10.0 Å². The van der Waals surface area contributed by atoms with Crippen LogP contribution in [-0.2, 0) is 32.3 Å². The summed E-state index contributed by atoms with van der Waals surface area (Å²) in [7, 11) is -4.55. The fourth-order valence-electron chi connectivity index (χ4n) is 5.38. The van der Waals surface area contributed by atoms with E-state index < -0.39 is 51.0 Å². The summed E-state index contributed by atoms with van der Waals surface area (Å²) in [5.74, 6) is -1.16. The maximum absolute atomic E-state index is 14.2. The third kappa shape index (κ3) is 8.71. The molecule has 0 radical (unpaired) electrons. The Morgan fingerprint density at radius 2 is 1.60 bits per heavy atom. The first-order chi connectivity index (χ1) is 21.3. The van der Waals surface area contributed by atoms with E-state index >= 15 is 0 Å². The van der Waals surface area contributed by atoms with E-state index in [1.165, 1.54) is 29.2 Å². The van der Waals surface area contributed by atoms with Crippen LogP contribution in [0.3, 0.4) is 0 Å². The van der Waals surface area contributed by atoms with Gasteiger partial charge < -0.3 is 10.2 Å². The van der Waals surface area contributed by atoms with Gasteiger partial charge in [0.2, 0.25) is 11.8 Å². The first-order valence-electron chi connectivity index (χ1n) is 14.6. The number of hydrogen-bond donors (Lipinski definition) is 1. The number of carbonyl (C=O) groups is 2. The third-order valence-corrected chi connectivity index (χ3v) is 10.1. The molecule has 1 aliphatic carbocycles. The molecule has 45 heavy (non-hydrogen) atoms. The van der Waals surface area contributed by atoms with Gasteiger partial charge in [-0.15, -0.1) is 0 Å². The molecule has 0 aliphatic heterocycles. The molecule has 1 atom stereocenters. The van der Waals surface area contributed by atoms with Gasteiger partial charge >= 0.3 is 6.18 Å². The molecular formula is C32H34Cl2F3N3O4S. The normalized spacial score (nSPS) is 14.9. The second-order valence-electron chi connectivity index (χ2n) is 10.9. The average molecular weight is 685 g/mol. The zero-order valence-electron chi connectivity index (χ0n) is 24.6. The molecule has 1 N–H and O–H groups in total. The molecule has 0 spiro atoms. The lowest BCUT2D eigenvalue weighted by Gasteiger charge is -2.34. The van der Waals surface area contributed by atoms with E-state index in [1.807, 2.05) is 0 Å². The van der Waals surface area contributed by atoms with Gasteiger partial charge in [-0.2, -0.15) is 13.2 Å². The Balaban J connectivity index is 1.76. The summed E-state index contributed by atoms with van der Waals surface area (Å²) in [4.78, 5) is 28.8. The van der Waals surface area contributed by atoms with E-state index in [9.17, 15) is 31.2 Å². The number of sulfonamides is 1. The molecule has 13 heteroatoms. The lowest BCUT2D eigenvalue weighted by atomic mass is 9.95. The Kier molecular flexibility index (Phi) is 11.4. The predicted octanol–water partition coefficient (Wildman–Crippen LogP) is 7.46. The Bertz CT molecular complexity index is 1580. The first-order valence-corrected chi connectivity index (χ1v) is 16.8. The number of halogens is 5.